The zero-order chi connectivity index (χ0) is 19.0. The molecule has 152 valence electrons. The molecule has 0 spiro atoms. The normalized spacial score (nSPS) is 13.6. The van der Waals surface area contributed by atoms with Crippen molar-refractivity contribution in [3.8, 4) is 0 Å². The highest BCUT2D eigenvalue weighted by Crippen LogP contribution is 2.23. The van der Waals surface area contributed by atoms with Gasteiger partial charge in [0.25, 0.3) is 0 Å². The molecule has 0 aliphatic rings. The maximum atomic E-state index is 10.7. The van der Waals surface area contributed by atoms with Gasteiger partial charge in [-0.05, 0) is 59.3 Å². The van der Waals surface area contributed by atoms with Crippen LogP contribution in [-0.4, -0.2) is 30.7 Å². The Morgan fingerprint density at radius 1 is 1.14 bits per heavy atom. The monoisotopic (exact) mass is 531 g/mol. The van der Waals surface area contributed by atoms with Crippen molar-refractivity contribution < 1.29 is 9.52 Å². The fourth-order valence-corrected chi connectivity index (χ4v) is 4.08. The molecule has 5 nitrogen and oxygen atoms in total. The number of rotatable bonds is 9. The summed E-state index contributed by atoms with van der Waals surface area (Å²) in [5.74, 6) is 1.64. The lowest BCUT2D eigenvalue weighted by molar-refractivity contribution is 0.0677. The van der Waals surface area contributed by atoms with E-state index in [2.05, 4.69) is 33.1 Å². The zero-order valence-corrected chi connectivity index (χ0v) is 19.7. The van der Waals surface area contributed by atoms with Crippen LogP contribution in [0.2, 0.25) is 0 Å². The summed E-state index contributed by atoms with van der Waals surface area (Å²) in [6.07, 6.45) is 3.40. The molecule has 8 heteroatoms. The predicted octanol–water partition coefficient (Wildman–Crippen LogP) is 4.25. The number of aliphatic imine (C=N–C) groups is 1. The minimum atomic E-state index is -0.983. The minimum absolute atomic E-state index is 0. The first-order valence-electron chi connectivity index (χ1n) is 8.95. The fraction of sp³-hybridized carbons (Fsp3) is 0.350. The first-order chi connectivity index (χ1) is 13.1. The Morgan fingerprint density at radius 2 is 1.96 bits per heavy atom. The molecule has 0 saturated carbocycles. The summed E-state index contributed by atoms with van der Waals surface area (Å²) in [7, 11) is 0. The number of furan rings is 1. The van der Waals surface area contributed by atoms with Crippen LogP contribution in [0.4, 0.5) is 0 Å². The highest BCUT2D eigenvalue weighted by molar-refractivity contribution is 14.0. The lowest BCUT2D eigenvalue weighted by Crippen LogP contribution is -2.40. The average molecular weight is 531 g/mol. The number of guanidine groups is 1. The average Bonchev–Trinajstić information content (AvgIpc) is 3.42. The molecule has 1 unspecified atom stereocenters. The third-order valence-corrected chi connectivity index (χ3v) is 5.80. The number of hydrogen-bond donors (Lipinski definition) is 3. The zero-order valence-electron chi connectivity index (χ0n) is 15.8. The first kappa shape index (κ1) is 22.9. The Morgan fingerprint density at radius 3 is 2.61 bits per heavy atom. The molecule has 1 atom stereocenters. The second-order valence-corrected chi connectivity index (χ2v) is 8.28. The topological polar surface area (TPSA) is 69.8 Å². The quantitative estimate of drug-likeness (QED) is 0.220. The number of aliphatic hydroxyl groups is 1. The number of hydrogen-bond acceptors (Lipinski definition) is 5. The van der Waals surface area contributed by atoms with E-state index >= 15 is 0 Å². The van der Waals surface area contributed by atoms with E-state index in [-0.39, 0.29) is 24.0 Å². The molecule has 0 aliphatic carbocycles. The Kier molecular flexibility index (Phi) is 9.49. The van der Waals surface area contributed by atoms with Crippen molar-refractivity contribution in [3.63, 3.8) is 0 Å². The van der Waals surface area contributed by atoms with Crippen LogP contribution >= 0.6 is 46.7 Å². The molecule has 0 bridgehead atoms. The number of nitrogens with one attached hydrogen (secondary N) is 2. The largest absolute Gasteiger partial charge is 0.469 e. The maximum Gasteiger partial charge on any atom is 0.191 e. The predicted molar refractivity (Wildman–Crippen MR) is 128 cm³/mol. The molecule has 0 aromatic carbocycles. The van der Waals surface area contributed by atoms with Crippen LogP contribution in [0.3, 0.4) is 0 Å². The molecular formula is C20H26IN3O2S2. The molecule has 0 fully saturated rings. The van der Waals surface area contributed by atoms with Crippen molar-refractivity contribution in [1.29, 1.82) is 0 Å². The van der Waals surface area contributed by atoms with Crippen LogP contribution in [0.1, 0.15) is 23.1 Å². The highest BCUT2D eigenvalue weighted by atomic mass is 127. The molecule has 3 N–H and O–H groups in total. The van der Waals surface area contributed by atoms with Crippen molar-refractivity contribution in [2.75, 3.05) is 19.6 Å². The van der Waals surface area contributed by atoms with E-state index in [0.717, 1.165) is 30.7 Å². The van der Waals surface area contributed by atoms with E-state index in [1.165, 1.54) is 4.88 Å². The lowest BCUT2D eigenvalue weighted by atomic mass is 10.00. The first-order valence-corrected chi connectivity index (χ1v) is 10.8. The van der Waals surface area contributed by atoms with Gasteiger partial charge < -0.3 is 20.2 Å². The number of nitrogens with zero attached hydrogens (tertiary/aromatic N) is 1. The van der Waals surface area contributed by atoms with Crippen LogP contribution in [0.15, 0.2) is 62.1 Å². The summed E-state index contributed by atoms with van der Waals surface area (Å²) < 4.78 is 5.37. The van der Waals surface area contributed by atoms with Crippen LogP contribution in [0, 0.1) is 0 Å². The Bertz CT molecular complexity index is 759. The number of thiophene rings is 2. The third kappa shape index (κ3) is 7.23. The van der Waals surface area contributed by atoms with E-state index in [4.69, 9.17) is 4.42 Å². The van der Waals surface area contributed by atoms with Gasteiger partial charge in [0.1, 0.15) is 11.4 Å². The summed E-state index contributed by atoms with van der Waals surface area (Å²) in [6.45, 7) is 3.58. The summed E-state index contributed by atoms with van der Waals surface area (Å²) in [5, 5.41) is 23.4. The van der Waals surface area contributed by atoms with E-state index in [0.29, 0.717) is 19.0 Å². The van der Waals surface area contributed by atoms with Crippen molar-refractivity contribution in [1.82, 2.24) is 10.6 Å². The Balaban J connectivity index is 0.00000280. The van der Waals surface area contributed by atoms with Crippen molar-refractivity contribution in [2.45, 2.75) is 25.4 Å². The molecule has 0 amide bonds. The van der Waals surface area contributed by atoms with Gasteiger partial charge in [0, 0.05) is 24.4 Å². The lowest BCUT2D eigenvalue weighted by Gasteiger charge is -2.21. The Hall–Kier alpha value is -1.36. The van der Waals surface area contributed by atoms with Crippen LogP contribution < -0.4 is 10.6 Å². The third-order valence-electron chi connectivity index (χ3n) is 4.18. The molecule has 3 rings (SSSR count). The van der Waals surface area contributed by atoms with Gasteiger partial charge in [-0.1, -0.05) is 6.07 Å². The van der Waals surface area contributed by atoms with Gasteiger partial charge >= 0.3 is 0 Å². The fourth-order valence-electron chi connectivity index (χ4n) is 2.59. The van der Waals surface area contributed by atoms with Crippen LogP contribution in [0.5, 0.6) is 0 Å². The standard InChI is InChI=1S/C20H25N3O2S2.HI/c1-20(24,16-8-13-26-14-16)15-23-19(21-9-6-17-4-2-11-25-17)22-10-7-18-5-3-12-27-18;/h2-5,8,11-14,24H,6-7,9-10,15H2,1H3,(H2,21,22,23);1H. The van der Waals surface area contributed by atoms with Gasteiger partial charge in [0.05, 0.1) is 12.8 Å². The summed E-state index contributed by atoms with van der Waals surface area (Å²) >= 11 is 3.33. The summed E-state index contributed by atoms with van der Waals surface area (Å²) in [6, 6.07) is 9.99. The van der Waals surface area contributed by atoms with E-state index in [1.54, 1.807) is 35.9 Å². The van der Waals surface area contributed by atoms with Crippen LogP contribution in [-0.2, 0) is 18.4 Å². The van der Waals surface area contributed by atoms with Crippen molar-refractivity contribution >= 4 is 52.6 Å². The summed E-state index contributed by atoms with van der Waals surface area (Å²) in [4.78, 5) is 5.95. The van der Waals surface area contributed by atoms with Gasteiger partial charge in [-0.25, -0.2) is 4.99 Å². The van der Waals surface area contributed by atoms with Gasteiger partial charge in [0.2, 0.25) is 0 Å². The molecule has 3 heterocycles. The van der Waals surface area contributed by atoms with Crippen molar-refractivity contribution in [2.24, 2.45) is 4.99 Å². The Labute approximate surface area is 190 Å². The smallest absolute Gasteiger partial charge is 0.191 e. The molecule has 28 heavy (non-hydrogen) atoms. The second kappa shape index (κ2) is 11.6. The van der Waals surface area contributed by atoms with E-state index in [1.807, 2.05) is 29.0 Å². The van der Waals surface area contributed by atoms with E-state index in [9.17, 15) is 5.11 Å². The molecule has 0 saturated heterocycles. The second-order valence-electron chi connectivity index (χ2n) is 6.46. The highest BCUT2D eigenvalue weighted by Gasteiger charge is 2.23. The molecule has 0 radical (unpaired) electrons. The molecular weight excluding hydrogens is 505 g/mol. The van der Waals surface area contributed by atoms with Crippen molar-refractivity contribution in [3.05, 3.63) is 68.9 Å². The van der Waals surface area contributed by atoms with Gasteiger partial charge in [0.15, 0.2) is 5.96 Å². The molecule has 0 aliphatic heterocycles. The van der Waals surface area contributed by atoms with Gasteiger partial charge in [-0.3, -0.25) is 0 Å². The van der Waals surface area contributed by atoms with Crippen LogP contribution in [0.25, 0.3) is 0 Å². The molecule has 3 aromatic heterocycles. The molecule has 3 aromatic rings. The SMILES string of the molecule is CC(O)(CN=C(NCCc1ccco1)NCCc1cccs1)c1ccsc1.I. The van der Waals surface area contributed by atoms with Gasteiger partial charge in [-0.2, -0.15) is 11.3 Å². The maximum absolute atomic E-state index is 10.7. The van der Waals surface area contributed by atoms with Gasteiger partial charge in [-0.15, -0.1) is 35.3 Å². The minimum Gasteiger partial charge on any atom is -0.469 e. The number of halogens is 1. The summed E-state index contributed by atoms with van der Waals surface area (Å²) in [5.41, 5.74) is -0.0895. The van der Waals surface area contributed by atoms with E-state index < -0.39 is 5.60 Å².